The van der Waals surface area contributed by atoms with Crippen molar-refractivity contribution >= 4 is 11.9 Å². The number of nitrogens with one attached hydrogen (secondary N) is 1. The highest BCUT2D eigenvalue weighted by molar-refractivity contribution is 5.89. The highest BCUT2D eigenvalue weighted by atomic mass is 16.5. The minimum Gasteiger partial charge on any atom is -0.451 e. The monoisotopic (exact) mass is 294 g/mol. The van der Waals surface area contributed by atoms with E-state index >= 15 is 0 Å². The van der Waals surface area contributed by atoms with Crippen molar-refractivity contribution in [2.24, 2.45) is 13.0 Å². The molecule has 0 fully saturated rings. The second-order valence-electron chi connectivity index (χ2n) is 5.87. The zero-order chi connectivity index (χ0) is 15.8. The molecule has 5 heteroatoms. The van der Waals surface area contributed by atoms with E-state index in [9.17, 15) is 9.59 Å². The van der Waals surface area contributed by atoms with E-state index in [4.69, 9.17) is 4.74 Å². The van der Waals surface area contributed by atoms with Gasteiger partial charge in [-0.25, -0.2) is 4.79 Å². The maximum atomic E-state index is 11.7. The minimum absolute atomic E-state index is 0.102. The first-order valence-corrected chi connectivity index (χ1v) is 7.48. The lowest BCUT2D eigenvalue weighted by Gasteiger charge is -2.14. The van der Waals surface area contributed by atoms with E-state index in [1.54, 1.807) is 29.9 Å². The average Bonchev–Trinajstić information content (AvgIpc) is 2.81. The number of nitrogens with zero attached hydrogens (tertiary/aromatic N) is 1. The fourth-order valence-electron chi connectivity index (χ4n) is 2.10. The van der Waals surface area contributed by atoms with E-state index in [1.165, 1.54) is 0 Å². The number of aryl methyl sites for hydroxylation is 1. The van der Waals surface area contributed by atoms with Crippen molar-refractivity contribution < 1.29 is 14.3 Å². The summed E-state index contributed by atoms with van der Waals surface area (Å²) in [6.07, 6.45) is 4.94. The first-order chi connectivity index (χ1) is 9.90. The molecule has 1 rings (SSSR count). The molecule has 0 aliphatic rings. The smallest absolute Gasteiger partial charge is 0.355 e. The average molecular weight is 294 g/mol. The highest BCUT2D eigenvalue weighted by Crippen LogP contribution is 2.08. The van der Waals surface area contributed by atoms with Crippen molar-refractivity contribution in [2.75, 3.05) is 6.61 Å². The largest absolute Gasteiger partial charge is 0.451 e. The molecule has 1 heterocycles. The van der Waals surface area contributed by atoms with Gasteiger partial charge in [-0.15, -0.1) is 0 Å². The Labute approximate surface area is 126 Å². The molecule has 0 spiro atoms. The molecule has 1 atom stereocenters. The van der Waals surface area contributed by atoms with Gasteiger partial charge in [-0.1, -0.05) is 26.7 Å². The van der Waals surface area contributed by atoms with Gasteiger partial charge in [0.05, 0.1) is 0 Å². The van der Waals surface area contributed by atoms with Crippen LogP contribution in [0, 0.1) is 5.92 Å². The number of rotatable bonds is 8. The van der Waals surface area contributed by atoms with E-state index in [0.29, 0.717) is 11.6 Å². The number of ether oxygens (including phenoxy) is 1. The molecule has 0 saturated heterocycles. The van der Waals surface area contributed by atoms with E-state index in [1.807, 2.05) is 6.92 Å². The minimum atomic E-state index is -0.481. The van der Waals surface area contributed by atoms with Crippen LogP contribution in [0.3, 0.4) is 0 Å². The van der Waals surface area contributed by atoms with Crippen molar-refractivity contribution in [1.82, 2.24) is 9.88 Å². The molecule has 1 aromatic heterocycles. The van der Waals surface area contributed by atoms with Gasteiger partial charge < -0.3 is 14.6 Å². The predicted octanol–water partition coefficient (Wildman–Crippen LogP) is 2.51. The molecule has 21 heavy (non-hydrogen) atoms. The first-order valence-electron chi connectivity index (χ1n) is 7.48. The lowest BCUT2D eigenvalue weighted by atomic mass is 10.0. The third-order valence-corrected chi connectivity index (χ3v) is 3.31. The summed E-state index contributed by atoms with van der Waals surface area (Å²) in [7, 11) is 1.76. The number of hydrogen-bond acceptors (Lipinski definition) is 3. The van der Waals surface area contributed by atoms with Crippen LogP contribution in [0.25, 0.3) is 0 Å². The topological polar surface area (TPSA) is 60.3 Å². The van der Waals surface area contributed by atoms with Gasteiger partial charge in [0.1, 0.15) is 5.69 Å². The zero-order valence-corrected chi connectivity index (χ0v) is 13.4. The molecule has 5 nitrogen and oxygen atoms in total. The Morgan fingerprint density at radius 3 is 2.57 bits per heavy atom. The van der Waals surface area contributed by atoms with E-state index < -0.39 is 5.97 Å². The van der Waals surface area contributed by atoms with Crippen molar-refractivity contribution in [3.8, 4) is 0 Å². The fourth-order valence-corrected chi connectivity index (χ4v) is 2.10. The number of hydrogen-bond donors (Lipinski definition) is 1. The van der Waals surface area contributed by atoms with Crippen LogP contribution in [0.4, 0.5) is 0 Å². The standard InChI is InChI=1S/C16H26N2O3/c1-12(2)7-5-8-13(3)17-15(19)11-21-16(20)14-9-6-10-18(14)4/h6,9-10,12-13H,5,7-8,11H2,1-4H3,(H,17,19). The zero-order valence-electron chi connectivity index (χ0n) is 13.4. The summed E-state index contributed by atoms with van der Waals surface area (Å²) in [5, 5.41) is 2.85. The van der Waals surface area contributed by atoms with Gasteiger partial charge in [-0.05, 0) is 31.4 Å². The number of aromatic nitrogens is 1. The van der Waals surface area contributed by atoms with Crippen LogP contribution < -0.4 is 5.32 Å². The number of esters is 1. The summed E-state index contributed by atoms with van der Waals surface area (Å²) in [6.45, 7) is 6.11. The molecule has 0 radical (unpaired) electrons. The van der Waals surface area contributed by atoms with Crippen molar-refractivity contribution in [2.45, 2.75) is 46.1 Å². The van der Waals surface area contributed by atoms with E-state index in [0.717, 1.165) is 19.3 Å². The molecular formula is C16H26N2O3. The Morgan fingerprint density at radius 1 is 1.29 bits per heavy atom. The Hall–Kier alpha value is -1.78. The fraction of sp³-hybridized carbons (Fsp3) is 0.625. The summed E-state index contributed by atoms with van der Waals surface area (Å²) < 4.78 is 6.66. The third kappa shape index (κ3) is 6.47. The van der Waals surface area contributed by atoms with Crippen LogP contribution in [-0.4, -0.2) is 29.1 Å². The molecule has 0 bridgehead atoms. The summed E-state index contributed by atoms with van der Waals surface area (Å²) in [5.41, 5.74) is 0.438. The molecule has 0 aliphatic heterocycles. The van der Waals surface area contributed by atoms with Crippen LogP contribution in [0.15, 0.2) is 18.3 Å². The third-order valence-electron chi connectivity index (χ3n) is 3.31. The normalized spacial score (nSPS) is 12.2. The van der Waals surface area contributed by atoms with Crippen molar-refractivity contribution in [3.63, 3.8) is 0 Å². The molecule has 1 amide bonds. The van der Waals surface area contributed by atoms with Gasteiger partial charge in [0, 0.05) is 19.3 Å². The van der Waals surface area contributed by atoms with Gasteiger partial charge in [0.15, 0.2) is 6.61 Å². The molecule has 0 aliphatic carbocycles. The van der Waals surface area contributed by atoms with Crippen LogP contribution >= 0.6 is 0 Å². The molecule has 0 aromatic carbocycles. The maximum Gasteiger partial charge on any atom is 0.355 e. The van der Waals surface area contributed by atoms with Crippen LogP contribution in [-0.2, 0) is 16.6 Å². The number of carbonyl (C=O) groups is 2. The van der Waals surface area contributed by atoms with E-state index in [2.05, 4.69) is 19.2 Å². The number of carbonyl (C=O) groups excluding carboxylic acids is 2. The van der Waals surface area contributed by atoms with Gasteiger partial charge in [-0.2, -0.15) is 0 Å². The number of amides is 1. The molecule has 1 aromatic rings. The summed E-state index contributed by atoms with van der Waals surface area (Å²) in [5.74, 6) is -0.0566. The molecular weight excluding hydrogens is 268 g/mol. The summed E-state index contributed by atoms with van der Waals surface area (Å²) in [4.78, 5) is 23.5. The van der Waals surface area contributed by atoms with E-state index in [-0.39, 0.29) is 18.6 Å². The second kappa shape index (κ2) is 8.49. The van der Waals surface area contributed by atoms with Gasteiger partial charge in [-0.3, -0.25) is 4.79 Å². The molecule has 1 unspecified atom stereocenters. The van der Waals surface area contributed by atoms with Gasteiger partial charge in [0.25, 0.3) is 5.91 Å². The van der Waals surface area contributed by atoms with Gasteiger partial charge in [0.2, 0.25) is 0 Å². The lowest BCUT2D eigenvalue weighted by Crippen LogP contribution is -2.36. The van der Waals surface area contributed by atoms with Crippen molar-refractivity contribution in [1.29, 1.82) is 0 Å². The summed E-state index contributed by atoms with van der Waals surface area (Å²) in [6, 6.07) is 3.52. The Morgan fingerprint density at radius 2 is 2.00 bits per heavy atom. The molecule has 118 valence electrons. The van der Waals surface area contributed by atoms with Crippen molar-refractivity contribution in [3.05, 3.63) is 24.0 Å². The summed E-state index contributed by atoms with van der Waals surface area (Å²) >= 11 is 0. The molecule has 1 N–H and O–H groups in total. The quantitative estimate of drug-likeness (QED) is 0.749. The Kier molecular flexibility index (Phi) is 6.99. The Balaban J connectivity index is 2.24. The molecule has 0 saturated carbocycles. The van der Waals surface area contributed by atoms with Gasteiger partial charge >= 0.3 is 5.97 Å². The first kappa shape index (κ1) is 17.3. The van der Waals surface area contributed by atoms with Crippen LogP contribution in [0.1, 0.15) is 50.5 Å². The van der Waals surface area contributed by atoms with Crippen LogP contribution in [0.5, 0.6) is 0 Å². The van der Waals surface area contributed by atoms with Crippen LogP contribution in [0.2, 0.25) is 0 Å². The maximum absolute atomic E-state index is 11.7. The SMILES string of the molecule is CC(C)CCCC(C)NC(=O)COC(=O)c1cccn1C. The highest BCUT2D eigenvalue weighted by Gasteiger charge is 2.13. The lowest BCUT2D eigenvalue weighted by molar-refractivity contribution is -0.124. The Bertz CT molecular complexity index is 466. The second-order valence-corrected chi connectivity index (χ2v) is 5.87. The predicted molar refractivity (Wildman–Crippen MR) is 82.0 cm³/mol.